The van der Waals surface area contributed by atoms with Gasteiger partial charge in [0.05, 0.1) is 12.1 Å². The number of benzene rings is 2. The van der Waals surface area contributed by atoms with E-state index in [0.29, 0.717) is 28.9 Å². The van der Waals surface area contributed by atoms with Crippen molar-refractivity contribution in [3.63, 3.8) is 0 Å². The van der Waals surface area contributed by atoms with Crippen molar-refractivity contribution in [1.82, 2.24) is 10.2 Å². The topological polar surface area (TPSA) is 53.6 Å². The molecule has 0 aromatic heterocycles. The zero-order chi connectivity index (χ0) is 19.1. The van der Waals surface area contributed by atoms with Gasteiger partial charge in [-0.05, 0) is 49.1 Å². The van der Waals surface area contributed by atoms with Gasteiger partial charge in [-0.15, -0.1) is 0 Å². The molecule has 1 saturated heterocycles. The summed E-state index contributed by atoms with van der Waals surface area (Å²) in [4.78, 5) is 14.5. The molecule has 3 rings (SSSR count). The number of halogens is 1. The first-order valence-electron chi connectivity index (χ1n) is 9.28. The van der Waals surface area contributed by atoms with Crippen molar-refractivity contribution in [3.8, 4) is 5.75 Å². The summed E-state index contributed by atoms with van der Waals surface area (Å²) in [6, 6.07) is 15.5. The van der Waals surface area contributed by atoms with Gasteiger partial charge in [0.25, 0.3) is 0 Å². The molecule has 6 heteroatoms. The number of rotatable bonds is 7. The standard InChI is InChI=1S/C21H26ClN3O2/c1-27-20-8-7-18(13-19(20)22)24-21(26)23-11-9-17-10-12-25(15-17)14-16-5-3-2-4-6-16/h2-8,13,17H,9-12,14-15H2,1H3,(H2,23,24,26)/t17-/m1/s1. The second kappa shape index (κ2) is 9.62. The number of hydrogen-bond donors (Lipinski definition) is 2. The fourth-order valence-corrected chi connectivity index (χ4v) is 3.70. The highest BCUT2D eigenvalue weighted by atomic mass is 35.5. The highest BCUT2D eigenvalue weighted by Gasteiger charge is 2.22. The Morgan fingerprint density at radius 3 is 2.81 bits per heavy atom. The molecule has 1 aliphatic rings. The molecule has 5 nitrogen and oxygen atoms in total. The molecule has 2 aromatic rings. The molecule has 1 fully saturated rings. The number of hydrogen-bond acceptors (Lipinski definition) is 3. The Morgan fingerprint density at radius 2 is 2.07 bits per heavy atom. The number of methoxy groups -OCH3 is 1. The van der Waals surface area contributed by atoms with Crippen LogP contribution in [0.3, 0.4) is 0 Å². The second-order valence-corrected chi connectivity index (χ2v) is 7.30. The van der Waals surface area contributed by atoms with Gasteiger partial charge < -0.3 is 15.4 Å². The van der Waals surface area contributed by atoms with Crippen LogP contribution in [0.2, 0.25) is 5.02 Å². The smallest absolute Gasteiger partial charge is 0.319 e. The van der Waals surface area contributed by atoms with Gasteiger partial charge in [0.2, 0.25) is 0 Å². The maximum atomic E-state index is 12.1. The summed E-state index contributed by atoms with van der Waals surface area (Å²) in [7, 11) is 1.56. The fourth-order valence-electron chi connectivity index (χ4n) is 3.44. The van der Waals surface area contributed by atoms with Crippen molar-refractivity contribution in [1.29, 1.82) is 0 Å². The lowest BCUT2D eigenvalue weighted by Crippen LogP contribution is -2.31. The van der Waals surface area contributed by atoms with Gasteiger partial charge in [0, 0.05) is 25.3 Å². The maximum absolute atomic E-state index is 12.1. The number of nitrogens with zero attached hydrogens (tertiary/aromatic N) is 1. The van der Waals surface area contributed by atoms with E-state index in [2.05, 4.69) is 39.8 Å². The van der Waals surface area contributed by atoms with E-state index >= 15 is 0 Å². The summed E-state index contributed by atoms with van der Waals surface area (Å²) in [5.41, 5.74) is 2.00. The van der Waals surface area contributed by atoms with E-state index in [0.717, 1.165) is 26.1 Å². The Bertz CT molecular complexity index is 754. The van der Waals surface area contributed by atoms with Crippen LogP contribution in [0, 0.1) is 5.92 Å². The van der Waals surface area contributed by atoms with E-state index in [1.54, 1.807) is 25.3 Å². The molecule has 1 aliphatic heterocycles. The molecule has 0 spiro atoms. The Kier molecular flexibility index (Phi) is 6.96. The molecule has 2 aromatic carbocycles. The van der Waals surface area contributed by atoms with Gasteiger partial charge in [0.1, 0.15) is 5.75 Å². The van der Waals surface area contributed by atoms with Gasteiger partial charge in [0.15, 0.2) is 0 Å². The highest BCUT2D eigenvalue weighted by Crippen LogP contribution is 2.27. The summed E-state index contributed by atoms with van der Waals surface area (Å²) in [5, 5.41) is 6.20. The third kappa shape index (κ3) is 5.88. The van der Waals surface area contributed by atoms with Crippen molar-refractivity contribution in [2.75, 3.05) is 32.1 Å². The largest absolute Gasteiger partial charge is 0.495 e. The molecular weight excluding hydrogens is 362 g/mol. The number of carbonyl (C=O) groups is 1. The Balaban J connectivity index is 1.36. The quantitative estimate of drug-likeness (QED) is 0.741. The van der Waals surface area contributed by atoms with Crippen molar-refractivity contribution >= 4 is 23.3 Å². The lowest BCUT2D eigenvalue weighted by Gasteiger charge is -2.16. The zero-order valence-electron chi connectivity index (χ0n) is 15.6. The first-order valence-corrected chi connectivity index (χ1v) is 9.66. The van der Waals surface area contributed by atoms with E-state index in [1.807, 2.05) is 6.07 Å². The Hall–Kier alpha value is -2.24. The molecule has 0 radical (unpaired) electrons. The minimum atomic E-state index is -0.213. The molecule has 27 heavy (non-hydrogen) atoms. The summed E-state index contributed by atoms with van der Waals surface area (Å²) < 4.78 is 5.11. The van der Waals surface area contributed by atoms with Crippen LogP contribution >= 0.6 is 11.6 Å². The Morgan fingerprint density at radius 1 is 1.26 bits per heavy atom. The van der Waals surface area contributed by atoms with Gasteiger partial charge >= 0.3 is 6.03 Å². The zero-order valence-corrected chi connectivity index (χ0v) is 16.3. The third-order valence-electron chi connectivity index (χ3n) is 4.87. The van der Waals surface area contributed by atoms with E-state index in [9.17, 15) is 4.79 Å². The van der Waals surface area contributed by atoms with Crippen LogP contribution in [-0.4, -0.2) is 37.7 Å². The first-order chi connectivity index (χ1) is 13.1. The minimum Gasteiger partial charge on any atom is -0.495 e. The summed E-state index contributed by atoms with van der Waals surface area (Å²) in [6.07, 6.45) is 2.17. The molecule has 0 bridgehead atoms. The van der Waals surface area contributed by atoms with Crippen molar-refractivity contribution in [2.24, 2.45) is 5.92 Å². The molecule has 1 heterocycles. The summed E-state index contributed by atoms with van der Waals surface area (Å²) in [6.45, 7) is 3.88. The first kappa shape index (κ1) is 19.5. The van der Waals surface area contributed by atoms with Crippen LogP contribution in [0.25, 0.3) is 0 Å². The fraction of sp³-hybridized carbons (Fsp3) is 0.381. The van der Waals surface area contributed by atoms with Crippen molar-refractivity contribution in [3.05, 3.63) is 59.1 Å². The maximum Gasteiger partial charge on any atom is 0.319 e. The number of amides is 2. The summed E-state index contributed by atoms with van der Waals surface area (Å²) >= 11 is 6.07. The van der Waals surface area contributed by atoms with Crippen molar-refractivity contribution in [2.45, 2.75) is 19.4 Å². The van der Waals surface area contributed by atoms with E-state index in [-0.39, 0.29) is 6.03 Å². The number of urea groups is 1. The third-order valence-corrected chi connectivity index (χ3v) is 5.16. The number of anilines is 1. The molecular formula is C21H26ClN3O2. The molecule has 2 N–H and O–H groups in total. The van der Waals surface area contributed by atoms with Gasteiger partial charge in [-0.2, -0.15) is 0 Å². The summed E-state index contributed by atoms with van der Waals surface area (Å²) in [5.74, 6) is 1.22. The molecule has 144 valence electrons. The van der Waals surface area contributed by atoms with Crippen LogP contribution in [0.5, 0.6) is 5.75 Å². The average Bonchev–Trinajstić information content (AvgIpc) is 3.10. The molecule has 1 atom stereocenters. The van der Waals surface area contributed by atoms with Crippen LogP contribution in [0.15, 0.2) is 48.5 Å². The highest BCUT2D eigenvalue weighted by molar-refractivity contribution is 6.32. The normalized spacial score (nSPS) is 16.9. The van der Waals surface area contributed by atoms with Gasteiger partial charge in [-0.1, -0.05) is 41.9 Å². The average molecular weight is 388 g/mol. The number of likely N-dealkylation sites (tertiary alicyclic amines) is 1. The monoisotopic (exact) mass is 387 g/mol. The lowest BCUT2D eigenvalue weighted by molar-refractivity contribution is 0.251. The number of ether oxygens (including phenoxy) is 1. The SMILES string of the molecule is COc1ccc(NC(=O)NCC[C@@H]2CCN(Cc3ccccc3)C2)cc1Cl. The van der Waals surface area contributed by atoms with Crippen LogP contribution in [0.4, 0.5) is 10.5 Å². The minimum absolute atomic E-state index is 0.213. The molecule has 0 aliphatic carbocycles. The van der Waals surface area contributed by atoms with Crippen LogP contribution in [-0.2, 0) is 6.54 Å². The van der Waals surface area contributed by atoms with Crippen LogP contribution < -0.4 is 15.4 Å². The number of carbonyl (C=O) groups excluding carboxylic acids is 1. The van der Waals surface area contributed by atoms with E-state index < -0.39 is 0 Å². The second-order valence-electron chi connectivity index (χ2n) is 6.89. The predicted octanol–water partition coefficient (Wildman–Crippen LogP) is 4.38. The van der Waals surface area contributed by atoms with Crippen molar-refractivity contribution < 1.29 is 9.53 Å². The Labute approximate surface area is 165 Å². The van der Waals surface area contributed by atoms with Gasteiger partial charge in [-0.3, -0.25) is 4.90 Å². The van der Waals surface area contributed by atoms with E-state index in [4.69, 9.17) is 16.3 Å². The van der Waals surface area contributed by atoms with Crippen LogP contribution in [0.1, 0.15) is 18.4 Å². The lowest BCUT2D eigenvalue weighted by atomic mass is 10.1. The predicted molar refractivity (Wildman–Crippen MR) is 109 cm³/mol. The van der Waals surface area contributed by atoms with Gasteiger partial charge in [-0.25, -0.2) is 4.79 Å². The molecule has 0 unspecified atom stereocenters. The van der Waals surface area contributed by atoms with E-state index in [1.165, 1.54) is 12.0 Å². The molecule has 0 saturated carbocycles. The number of nitrogens with one attached hydrogen (secondary N) is 2. The molecule has 2 amide bonds.